The van der Waals surface area contributed by atoms with Crippen LogP contribution < -0.4 is 4.74 Å². The highest BCUT2D eigenvalue weighted by Gasteiger charge is 2.25. The van der Waals surface area contributed by atoms with Crippen LogP contribution in [0.15, 0.2) is 79.0 Å². The van der Waals surface area contributed by atoms with Crippen molar-refractivity contribution in [3.63, 3.8) is 0 Å². The molecule has 33 heavy (non-hydrogen) atoms. The summed E-state index contributed by atoms with van der Waals surface area (Å²) in [7, 11) is 0. The molecule has 1 saturated heterocycles. The van der Waals surface area contributed by atoms with E-state index in [9.17, 15) is 9.59 Å². The number of carbonyl (C=O) groups excluding carboxylic acids is 2. The summed E-state index contributed by atoms with van der Waals surface area (Å²) >= 11 is 0. The Morgan fingerprint density at radius 3 is 2.15 bits per heavy atom. The molecule has 6 heteroatoms. The Labute approximate surface area is 194 Å². The minimum absolute atomic E-state index is 0.0573. The van der Waals surface area contributed by atoms with E-state index in [0.29, 0.717) is 50.7 Å². The average Bonchev–Trinajstić information content (AvgIpc) is 2.88. The van der Waals surface area contributed by atoms with Gasteiger partial charge in [-0.05, 0) is 30.0 Å². The second kappa shape index (κ2) is 11.3. The van der Waals surface area contributed by atoms with Gasteiger partial charge in [0.2, 0.25) is 11.8 Å². The van der Waals surface area contributed by atoms with E-state index in [-0.39, 0.29) is 11.8 Å². The van der Waals surface area contributed by atoms with Gasteiger partial charge in [0.05, 0.1) is 0 Å². The molecule has 0 unspecified atom stereocenters. The van der Waals surface area contributed by atoms with Gasteiger partial charge in [-0.15, -0.1) is 0 Å². The number of aromatic nitrogens is 1. The van der Waals surface area contributed by atoms with Crippen molar-refractivity contribution in [3.05, 3.63) is 95.7 Å². The molecule has 0 bridgehead atoms. The number of nitrogens with zero attached hydrogens (tertiary/aromatic N) is 3. The van der Waals surface area contributed by atoms with Crippen LogP contribution in [0.25, 0.3) is 0 Å². The summed E-state index contributed by atoms with van der Waals surface area (Å²) in [6, 6.07) is 23.5. The molecule has 1 fully saturated rings. The molecule has 1 aliphatic heterocycles. The smallest absolute Gasteiger partial charge is 0.254 e. The summed E-state index contributed by atoms with van der Waals surface area (Å²) in [6.07, 6.45) is 3.88. The quantitative estimate of drug-likeness (QED) is 0.529. The molecular weight excluding hydrogens is 414 g/mol. The summed E-state index contributed by atoms with van der Waals surface area (Å²) in [4.78, 5) is 33.4. The first kappa shape index (κ1) is 22.5. The first-order valence-corrected chi connectivity index (χ1v) is 11.4. The fraction of sp³-hybridized carbons (Fsp3) is 0.296. The molecule has 4 rings (SSSR count). The number of carbonyl (C=O) groups is 2. The zero-order valence-corrected chi connectivity index (χ0v) is 18.7. The van der Waals surface area contributed by atoms with Gasteiger partial charge >= 0.3 is 0 Å². The van der Waals surface area contributed by atoms with E-state index in [1.54, 1.807) is 23.2 Å². The highest BCUT2D eigenvalue weighted by Crippen LogP contribution is 2.16. The molecule has 0 atom stereocenters. The highest BCUT2D eigenvalue weighted by atomic mass is 16.5. The van der Waals surface area contributed by atoms with Crippen molar-refractivity contribution in [2.24, 2.45) is 0 Å². The van der Waals surface area contributed by atoms with Crippen molar-refractivity contribution in [3.8, 4) is 5.88 Å². The molecule has 6 nitrogen and oxygen atoms in total. The Morgan fingerprint density at radius 1 is 0.818 bits per heavy atom. The molecule has 1 aliphatic rings. The van der Waals surface area contributed by atoms with Gasteiger partial charge in [-0.25, -0.2) is 4.98 Å². The predicted octanol–water partition coefficient (Wildman–Crippen LogP) is 3.97. The number of ether oxygens (including phenoxy) is 1. The first-order valence-electron chi connectivity index (χ1n) is 11.4. The standard InChI is InChI=1S/C27H29N3O3/c31-26(13-7-12-22-8-3-1-4-9-22)29-16-18-30(19-17-29)27(32)24-14-15-28-25(20-24)33-21-23-10-5-2-6-11-23/h1-6,8-11,14-15,20H,7,12-13,16-19,21H2. The van der Waals surface area contributed by atoms with Gasteiger partial charge in [0, 0.05) is 50.4 Å². The van der Waals surface area contributed by atoms with Crippen LogP contribution >= 0.6 is 0 Å². The summed E-state index contributed by atoms with van der Waals surface area (Å²) in [5, 5.41) is 0. The Morgan fingerprint density at radius 2 is 1.45 bits per heavy atom. The van der Waals surface area contributed by atoms with Crippen LogP contribution in [0, 0.1) is 0 Å². The Kier molecular flexibility index (Phi) is 7.69. The van der Waals surface area contributed by atoms with E-state index >= 15 is 0 Å². The van der Waals surface area contributed by atoms with Crippen molar-refractivity contribution < 1.29 is 14.3 Å². The molecule has 2 amide bonds. The fourth-order valence-corrected chi connectivity index (χ4v) is 3.94. The molecule has 0 saturated carbocycles. The topological polar surface area (TPSA) is 62.7 Å². The van der Waals surface area contributed by atoms with Crippen LogP contribution in [-0.2, 0) is 17.8 Å². The maximum atomic E-state index is 13.0. The predicted molar refractivity (Wildman–Crippen MR) is 127 cm³/mol. The van der Waals surface area contributed by atoms with E-state index in [4.69, 9.17) is 4.74 Å². The Bertz CT molecular complexity index is 1050. The van der Waals surface area contributed by atoms with Gasteiger partial charge in [-0.1, -0.05) is 60.7 Å². The van der Waals surface area contributed by atoms with Crippen molar-refractivity contribution in [1.29, 1.82) is 0 Å². The minimum atomic E-state index is -0.0573. The second-order valence-electron chi connectivity index (χ2n) is 8.17. The van der Waals surface area contributed by atoms with Crippen LogP contribution in [0.4, 0.5) is 0 Å². The Balaban J connectivity index is 1.23. The van der Waals surface area contributed by atoms with Crippen LogP contribution in [0.3, 0.4) is 0 Å². The lowest BCUT2D eigenvalue weighted by Crippen LogP contribution is -2.50. The number of pyridine rings is 1. The maximum Gasteiger partial charge on any atom is 0.254 e. The molecule has 3 aromatic rings. The number of hydrogen-bond acceptors (Lipinski definition) is 4. The number of rotatable bonds is 8. The maximum absolute atomic E-state index is 13.0. The molecule has 0 aliphatic carbocycles. The van der Waals surface area contributed by atoms with Crippen LogP contribution in [-0.4, -0.2) is 52.8 Å². The van der Waals surface area contributed by atoms with E-state index in [2.05, 4.69) is 17.1 Å². The van der Waals surface area contributed by atoms with Gasteiger partial charge in [0.15, 0.2) is 0 Å². The lowest BCUT2D eigenvalue weighted by atomic mass is 10.1. The number of benzene rings is 2. The normalized spacial score (nSPS) is 13.6. The molecule has 2 aromatic carbocycles. The summed E-state index contributed by atoms with van der Waals surface area (Å²) < 4.78 is 5.75. The molecule has 2 heterocycles. The monoisotopic (exact) mass is 443 g/mol. The zero-order valence-electron chi connectivity index (χ0n) is 18.7. The van der Waals surface area contributed by atoms with Gasteiger partial charge in [-0.2, -0.15) is 0 Å². The molecule has 0 N–H and O–H groups in total. The van der Waals surface area contributed by atoms with E-state index < -0.39 is 0 Å². The number of hydrogen-bond donors (Lipinski definition) is 0. The number of amides is 2. The lowest BCUT2D eigenvalue weighted by Gasteiger charge is -2.35. The van der Waals surface area contributed by atoms with E-state index in [1.807, 2.05) is 53.4 Å². The number of piperazine rings is 1. The zero-order chi connectivity index (χ0) is 22.9. The fourth-order valence-electron chi connectivity index (χ4n) is 3.94. The van der Waals surface area contributed by atoms with Crippen molar-refractivity contribution in [2.75, 3.05) is 26.2 Å². The molecule has 170 valence electrons. The largest absolute Gasteiger partial charge is 0.473 e. The third-order valence-electron chi connectivity index (χ3n) is 5.83. The van der Waals surface area contributed by atoms with Crippen molar-refractivity contribution >= 4 is 11.8 Å². The SMILES string of the molecule is O=C(CCCc1ccccc1)N1CCN(C(=O)c2ccnc(OCc3ccccc3)c2)CC1. The van der Waals surface area contributed by atoms with Crippen molar-refractivity contribution in [2.45, 2.75) is 25.9 Å². The third kappa shape index (κ3) is 6.42. The van der Waals surface area contributed by atoms with Gasteiger partial charge < -0.3 is 14.5 Å². The van der Waals surface area contributed by atoms with Gasteiger partial charge in [0.1, 0.15) is 6.61 Å². The number of aryl methyl sites for hydroxylation is 1. The summed E-state index contributed by atoms with van der Waals surface area (Å²) in [5.74, 6) is 0.536. The molecular formula is C27H29N3O3. The van der Waals surface area contributed by atoms with Crippen molar-refractivity contribution in [1.82, 2.24) is 14.8 Å². The highest BCUT2D eigenvalue weighted by molar-refractivity contribution is 5.94. The summed E-state index contributed by atoms with van der Waals surface area (Å²) in [6.45, 7) is 2.60. The van der Waals surface area contributed by atoms with Crippen LogP contribution in [0.5, 0.6) is 5.88 Å². The minimum Gasteiger partial charge on any atom is -0.473 e. The lowest BCUT2D eigenvalue weighted by molar-refractivity contribution is -0.132. The van der Waals surface area contributed by atoms with E-state index in [1.165, 1.54) is 5.56 Å². The summed E-state index contributed by atoms with van der Waals surface area (Å²) in [5.41, 5.74) is 2.85. The van der Waals surface area contributed by atoms with Gasteiger partial charge in [0.25, 0.3) is 5.91 Å². The second-order valence-corrected chi connectivity index (χ2v) is 8.17. The molecule has 0 radical (unpaired) electrons. The third-order valence-corrected chi connectivity index (χ3v) is 5.83. The molecule has 1 aromatic heterocycles. The molecule has 0 spiro atoms. The van der Waals surface area contributed by atoms with Crippen LogP contribution in [0.2, 0.25) is 0 Å². The van der Waals surface area contributed by atoms with Crippen LogP contribution in [0.1, 0.15) is 34.3 Å². The Hall–Kier alpha value is -3.67. The first-order chi connectivity index (χ1) is 16.2. The average molecular weight is 444 g/mol. The van der Waals surface area contributed by atoms with Gasteiger partial charge in [-0.3, -0.25) is 9.59 Å². The van der Waals surface area contributed by atoms with E-state index in [0.717, 1.165) is 18.4 Å².